The molecular formula is C21H24N2O4. The molecule has 5 aliphatic rings. The Morgan fingerprint density at radius 2 is 2.33 bits per heavy atom. The molecule has 142 valence electrons. The molecule has 1 aliphatic carbocycles. The number of ether oxygens (including phenoxy) is 2. The lowest BCUT2D eigenvalue weighted by Crippen LogP contribution is -2.63. The van der Waals surface area contributed by atoms with Crippen LogP contribution in [0.4, 0.5) is 5.69 Å². The van der Waals surface area contributed by atoms with Gasteiger partial charge in [0.2, 0.25) is 0 Å². The van der Waals surface area contributed by atoms with Gasteiger partial charge >= 0.3 is 5.97 Å². The second-order valence-electron chi connectivity index (χ2n) is 8.68. The molecule has 0 aromatic heterocycles. The molecule has 4 heterocycles. The fourth-order valence-electron chi connectivity index (χ4n) is 6.85. The van der Waals surface area contributed by atoms with Crippen LogP contribution in [-0.2, 0) is 19.7 Å². The zero-order valence-electron chi connectivity index (χ0n) is 15.6. The smallest absolute Gasteiger partial charge is 0.335 e. The molecule has 0 radical (unpaired) electrons. The first-order chi connectivity index (χ1) is 13.0. The van der Waals surface area contributed by atoms with Crippen molar-refractivity contribution < 1.29 is 19.4 Å². The Kier molecular flexibility index (Phi) is 2.87. The van der Waals surface area contributed by atoms with Crippen LogP contribution in [0.2, 0.25) is 0 Å². The van der Waals surface area contributed by atoms with E-state index in [0.29, 0.717) is 18.6 Å². The number of piperidine rings is 1. The summed E-state index contributed by atoms with van der Waals surface area (Å²) in [6, 6.07) is 5.88. The van der Waals surface area contributed by atoms with E-state index in [4.69, 9.17) is 9.47 Å². The highest BCUT2D eigenvalue weighted by atomic mass is 16.6. The summed E-state index contributed by atoms with van der Waals surface area (Å²) in [4.78, 5) is 15.4. The van der Waals surface area contributed by atoms with Crippen LogP contribution in [0, 0.1) is 5.41 Å². The van der Waals surface area contributed by atoms with E-state index in [2.05, 4.69) is 17.1 Å². The van der Waals surface area contributed by atoms with Crippen molar-refractivity contribution in [2.24, 2.45) is 5.41 Å². The molecule has 5 atom stereocenters. The van der Waals surface area contributed by atoms with Crippen molar-refractivity contribution >= 4 is 11.7 Å². The highest BCUT2D eigenvalue weighted by Gasteiger charge is 2.73. The van der Waals surface area contributed by atoms with Gasteiger partial charge in [-0.1, -0.05) is 13.0 Å². The number of esters is 1. The number of benzene rings is 1. The van der Waals surface area contributed by atoms with E-state index in [1.54, 1.807) is 12.1 Å². The van der Waals surface area contributed by atoms with E-state index >= 15 is 0 Å². The Labute approximate surface area is 158 Å². The van der Waals surface area contributed by atoms with Gasteiger partial charge in [-0.3, -0.25) is 4.90 Å². The highest BCUT2D eigenvalue weighted by Crippen LogP contribution is 2.68. The molecule has 6 nitrogen and oxygen atoms in total. The molecule has 27 heavy (non-hydrogen) atoms. The van der Waals surface area contributed by atoms with Gasteiger partial charge in [0.15, 0.2) is 0 Å². The average molecular weight is 368 g/mol. The fourth-order valence-corrected chi connectivity index (χ4v) is 6.85. The fraction of sp³-hybridized carbons (Fsp3) is 0.571. The minimum Gasteiger partial charge on any atom is -0.508 e. The van der Waals surface area contributed by atoms with Gasteiger partial charge in [-0.05, 0) is 37.4 Å². The van der Waals surface area contributed by atoms with Gasteiger partial charge in [0.05, 0.1) is 30.3 Å². The third kappa shape index (κ3) is 1.68. The van der Waals surface area contributed by atoms with Gasteiger partial charge in [-0.25, -0.2) is 4.79 Å². The molecule has 4 aliphatic heterocycles. The molecular weight excluding hydrogens is 344 g/mol. The maximum Gasteiger partial charge on any atom is 0.335 e. The minimum atomic E-state index is -0.252. The standard InChI is InChI=1S/C21H24N2O4/c1-3-20-9-12(18(25)26-2)16-21(13-5-4-11(24)8-14(13)22-16)6-7-23(19(20)21)10-15-17(20)27-15/h4-5,8,15,17,19,22,24H,3,6-7,9-10H2,1-2H3/t15-,17+,19+,20-,21+/m1/s1. The van der Waals surface area contributed by atoms with E-state index in [9.17, 15) is 9.90 Å². The van der Waals surface area contributed by atoms with Crippen LogP contribution in [0.3, 0.4) is 0 Å². The number of fused-ring (bicyclic) bond motifs is 3. The van der Waals surface area contributed by atoms with E-state index in [-0.39, 0.29) is 28.7 Å². The van der Waals surface area contributed by atoms with Crippen molar-refractivity contribution in [1.82, 2.24) is 4.90 Å². The SMILES string of the molecule is CC[C@@]12CC(C(=O)OC)=C3Nc4cc(O)ccc4[C@@]34CCN(C[C@H]3O[C@@H]31)[C@@H]24. The largest absolute Gasteiger partial charge is 0.508 e. The number of hydrogen-bond acceptors (Lipinski definition) is 6. The second-order valence-corrected chi connectivity index (χ2v) is 8.68. The summed E-state index contributed by atoms with van der Waals surface area (Å²) in [7, 11) is 1.46. The number of phenolic OH excluding ortho intramolecular Hbond substituents is 1. The summed E-state index contributed by atoms with van der Waals surface area (Å²) in [5, 5.41) is 13.5. The number of nitrogens with zero attached hydrogens (tertiary/aromatic N) is 1. The van der Waals surface area contributed by atoms with Crippen molar-refractivity contribution in [3.8, 4) is 5.75 Å². The number of epoxide rings is 1. The minimum absolute atomic E-state index is 0.0758. The Bertz CT molecular complexity index is 911. The molecule has 1 aromatic rings. The number of phenols is 1. The number of aromatic hydroxyl groups is 1. The summed E-state index contributed by atoms with van der Waals surface area (Å²) in [6.45, 7) is 4.21. The van der Waals surface area contributed by atoms with Gasteiger partial charge in [-0.15, -0.1) is 0 Å². The first-order valence-corrected chi connectivity index (χ1v) is 9.87. The molecule has 0 unspecified atom stereocenters. The molecule has 0 amide bonds. The van der Waals surface area contributed by atoms with Gasteiger partial charge in [-0.2, -0.15) is 0 Å². The van der Waals surface area contributed by atoms with Crippen molar-refractivity contribution in [2.45, 2.75) is 49.9 Å². The van der Waals surface area contributed by atoms with Gasteiger partial charge in [0, 0.05) is 35.5 Å². The number of methoxy groups -OCH3 is 1. The number of carbonyl (C=O) groups is 1. The number of hydrogen-bond donors (Lipinski definition) is 2. The molecule has 1 aromatic carbocycles. The third-order valence-corrected chi connectivity index (χ3v) is 7.82. The lowest BCUT2D eigenvalue weighted by atomic mass is 9.53. The first kappa shape index (κ1) is 16.0. The lowest BCUT2D eigenvalue weighted by Gasteiger charge is -2.54. The van der Waals surface area contributed by atoms with Crippen LogP contribution >= 0.6 is 0 Å². The number of carbonyl (C=O) groups excluding carboxylic acids is 1. The van der Waals surface area contributed by atoms with E-state index in [1.807, 2.05) is 6.07 Å². The van der Waals surface area contributed by atoms with Gasteiger partial charge < -0.3 is 19.9 Å². The monoisotopic (exact) mass is 368 g/mol. The third-order valence-electron chi connectivity index (χ3n) is 7.82. The topological polar surface area (TPSA) is 74.3 Å². The number of nitrogens with one attached hydrogen (secondary N) is 1. The van der Waals surface area contributed by atoms with E-state index < -0.39 is 0 Å². The molecule has 3 fully saturated rings. The summed E-state index contributed by atoms with van der Waals surface area (Å²) in [6.07, 6.45) is 3.15. The van der Waals surface area contributed by atoms with Crippen molar-refractivity contribution in [1.29, 1.82) is 0 Å². The normalized spacial score (nSPS) is 40.6. The Morgan fingerprint density at radius 3 is 3.11 bits per heavy atom. The van der Waals surface area contributed by atoms with Crippen LogP contribution < -0.4 is 5.32 Å². The van der Waals surface area contributed by atoms with E-state index in [1.165, 1.54) is 12.7 Å². The van der Waals surface area contributed by atoms with Crippen molar-refractivity contribution in [2.75, 3.05) is 25.5 Å². The van der Waals surface area contributed by atoms with E-state index in [0.717, 1.165) is 42.9 Å². The van der Waals surface area contributed by atoms with Crippen molar-refractivity contribution in [3.63, 3.8) is 0 Å². The summed E-state index contributed by atoms with van der Waals surface area (Å²) in [5.41, 5.74) is 3.53. The summed E-state index contributed by atoms with van der Waals surface area (Å²) >= 11 is 0. The molecule has 0 saturated carbocycles. The highest BCUT2D eigenvalue weighted by molar-refractivity contribution is 5.93. The molecule has 2 N–H and O–H groups in total. The Morgan fingerprint density at radius 1 is 1.48 bits per heavy atom. The predicted molar refractivity (Wildman–Crippen MR) is 98.4 cm³/mol. The van der Waals surface area contributed by atoms with Crippen LogP contribution in [0.15, 0.2) is 29.5 Å². The number of anilines is 1. The maximum absolute atomic E-state index is 12.8. The Hall–Kier alpha value is -2.05. The quantitative estimate of drug-likeness (QED) is 0.615. The van der Waals surface area contributed by atoms with Crippen LogP contribution in [0.1, 0.15) is 31.7 Å². The van der Waals surface area contributed by atoms with Crippen LogP contribution in [0.5, 0.6) is 5.75 Å². The summed E-state index contributed by atoms with van der Waals surface area (Å²) < 4.78 is 11.3. The maximum atomic E-state index is 12.8. The van der Waals surface area contributed by atoms with Crippen LogP contribution in [-0.4, -0.2) is 54.4 Å². The zero-order chi connectivity index (χ0) is 18.6. The number of rotatable bonds is 2. The second kappa shape index (κ2) is 4.86. The van der Waals surface area contributed by atoms with Gasteiger partial charge in [0.1, 0.15) is 5.75 Å². The zero-order valence-corrected chi connectivity index (χ0v) is 15.6. The van der Waals surface area contributed by atoms with Crippen molar-refractivity contribution in [3.05, 3.63) is 35.0 Å². The Balaban J connectivity index is 1.66. The van der Waals surface area contributed by atoms with Crippen LogP contribution in [0.25, 0.3) is 0 Å². The molecule has 1 spiro atoms. The lowest BCUT2D eigenvalue weighted by molar-refractivity contribution is -0.137. The summed E-state index contributed by atoms with van der Waals surface area (Å²) in [5.74, 6) is -0.0104. The molecule has 6 rings (SSSR count). The van der Waals surface area contributed by atoms with Gasteiger partial charge in [0.25, 0.3) is 0 Å². The predicted octanol–water partition coefficient (Wildman–Crippen LogP) is 2.14. The molecule has 6 heteroatoms. The average Bonchev–Trinajstić information content (AvgIpc) is 3.26. The molecule has 3 saturated heterocycles. The first-order valence-electron chi connectivity index (χ1n) is 9.87. The molecule has 0 bridgehead atoms.